The predicted molar refractivity (Wildman–Crippen MR) is 71.2 cm³/mol. The fourth-order valence-electron chi connectivity index (χ4n) is 2.04. The van der Waals surface area contributed by atoms with E-state index in [4.69, 9.17) is 14.2 Å². The molecule has 4 nitrogen and oxygen atoms in total. The summed E-state index contributed by atoms with van der Waals surface area (Å²) in [6.07, 6.45) is 0.189. The van der Waals surface area contributed by atoms with Crippen LogP contribution in [-0.2, 0) is 20.9 Å². The summed E-state index contributed by atoms with van der Waals surface area (Å²) in [5, 5.41) is 0. The van der Waals surface area contributed by atoms with Crippen LogP contribution < -0.4 is 4.74 Å². The summed E-state index contributed by atoms with van der Waals surface area (Å²) in [6.45, 7) is 2.21. The molecule has 1 aromatic rings. The van der Waals surface area contributed by atoms with Crippen LogP contribution in [0.5, 0.6) is 5.75 Å². The van der Waals surface area contributed by atoms with Crippen molar-refractivity contribution in [2.24, 2.45) is 5.92 Å². The van der Waals surface area contributed by atoms with Gasteiger partial charge >= 0.3 is 5.97 Å². The molecule has 0 bridgehead atoms. The van der Waals surface area contributed by atoms with Crippen LogP contribution in [0.1, 0.15) is 18.9 Å². The van der Waals surface area contributed by atoms with Crippen molar-refractivity contribution in [2.45, 2.75) is 25.6 Å². The number of ether oxygens (including phenoxy) is 3. The molecule has 0 aliphatic heterocycles. The van der Waals surface area contributed by atoms with Crippen LogP contribution in [0, 0.1) is 5.92 Å². The fourth-order valence-corrected chi connectivity index (χ4v) is 2.04. The number of benzene rings is 1. The van der Waals surface area contributed by atoms with Crippen LogP contribution in [0.15, 0.2) is 24.3 Å². The van der Waals surface area contributed by atoms with Crippen LogP contribution in [0.4, 0.5) is 4.39 Å². The van der Waals surface area contributed by atoms with Gasteiger partial charge in [-0.05, 0) is 24.6 Å². The Bertz CT molecular complexity index is 459. The van der Waals surface area contributed by atoms with Gasteiger partial charge in [0.25, 0.3) is 0 Å². The van der Waals surface area contributed by atoms with Crippen molar-refractivity contribution >= 4 is 5.97 Å². The Morgan fingerprint density at radius 1 is 1.40 bits per heavy atom. The molecular weight excluding hydrogens is 263 g/mol. The summed E-state index contributed by atoms with van der Waals surface area (Å²) in [7, 11) is 1.60. The van der Waals surface area contributed by atoms with E-state index in [0.717, 1.165) is 11.3 Å². The number of carbonyl (C=O) groups excluding carboxylic acids is 1. The number of hydrogen-bond acceptors (Lipinski definition) is 4. The third-order valence-electron chi connectivity index (χ3n) is 3.35. The predicted octanol–water partition coefficient (Wildman–Crippen LogP) is 2.50. The smallest absolute Gasteiger partial charge is 0.312 e. The summed E-state index contributed by atoms with van der Waals surface area (Å²) >= 11 is 0. The maximum absolute atomic E-state index is 14.1. The second-order valence-corrected chi connectivity index (χ2v) is 4.88. The first-order chi connectivity index (χ1) is 9.59. The standard InChI is InChI=1S/C15H19FO4/c1-3-20-14(17)13-8-15(13,16)10-19-9-11-4-6-12(18-2)7-5-11/h4-7,13H,3,8-10H2,1-2H3/t13-,15+/m1/s1. The van der Waals surface area contributed by atoms with Crippen molar-refractivity contribution < 1.29 is 23.4 Å². The minimum Gasteiger partial charge on any atom is -0.497 e. The Balaban J connectivity index is 1.74. The monoisotopic (exact) mass is 282 g/mol. The molecule has 1 aliphatic rings. The Morgan fingerprint density at radius 3 is 2.70 bits per heavy atom. The van der Waals surface area contributed by atoms with E-state index in [2.05, 4.69) is 0 Å². The van der Waals surface area contributed by atoms with Crippen LogP contribution in [-0.4, -0.2) is 32.0 Å². The molecular formula is C15H19FO4. The van der Waals surface area contributed by atoms with Crippen molar-refractivity contribution in [1.82, 2.24) is 0 Å². The Morgan fingerprint density at radius 2 is 2.10 bits per heavy atom. The fraction of sp³-hybridized carbons (Fsp3) is 0.533. The molecule has 0 unspecified atom stereocenters. The lowest BCUT2D eigenvalue weighted by Gasteiger charge is -2.09. The molecule has 0 radical (unpaired) electrons. The zero-order valence-electron chi connectivity index (χ0n) is 11.7. The molecule has 1 saturated carbocycles. The van der Waals surface area contributed by atoms with E-state index in [1.54, 1.807) is 14.0 Å². The van der Waals surface area contributed by atoms with Crippen LogP contribution in [0.3, 0.4) is 0 Å². The highest BCUT2D eigenvalue weighted by Gasteiger charge is 2.61. The molecule has 0 heterocycles. The first kappa shape index (κ1) is 14.8. The number of carbonyl (C=O) groups is 1. The summed E-state index contributed by atoms with van der Waals surface area (Å²) in [5.74, 6) is -0.373. The van der Waals surface area contributed by atoms with Gasteiger partial charge in [0.05, 0.1) is 32.8 Å². The van der Waals surface area contributed by atoms with Crippen molar-refractivity contribution in [1.29, 1.82) is 0 Å². The van der Waals surface area contributed by atoms with Crippen molar-refractivity contribution in [3.8, 4) is 5.75 Å². The first-order valence-corrected chi connectivity index (χ1v) is 6.65. The van der Waals surface area contributed by atoms with Crippen molar-refractivity contribution in [3.63, 3.8) is 0 Å². The summed E-state index contributed by atoms with van der Waals surface area (Å²) in [4.78, 5) is 11.4. The lowest BCUT2D eigenvalue weighted by atomic mass is 10.2. The van der Waals surface area contributed by atoms with Gasteiger partial charge in [0.1, 0.15) is 11.4 Å². The number of halogens is 1. The summed E-state index contributed by atoms with van der Waals surface area (Å²) in [6, 6.07) is 7.36. The SMILES string of the molecule is CCOC(=O)[C@H]1C[C@]1(F)COCc1ccc(OC)cc1. The largest absolute Gasteiger partial charge is 0.497 e. The van der Waals surface area contributed by atoms with Crippen molar-refractivity contribution in [3.05, 3.63) is 29.8 Å². The molecule has 0 N–H and O–H groups in total. The van der Waals surface area contributed by atoms with Crippen LogP contribution in [0.25, 0.3) is 0 Å². The van der Waals surface area contributed by atoms with Gasteiger partial charge in [-0.1, -0.05) is 12.1 Å². The minimum absolute atomic E-state index is 0.0808. The maximum Gasteiger partial charge on any atom is 0.312 e. The first-order valence-electron chi connectivity index (χ1n) is 6.65. The molecule has 0 spiro atoms. The normalized spacial score (nSPS) is 24.2. The van der Waals surface area contributed by atoms with Crippen LogP contribution >= 0.6 is 0 Å². The second kappa shape index (κ2) is 6.22. The van der Waals surface area contributed by atoms with Gasteiger partial charge in [0, 0.05) is 6.42 Å². The number of esters is 1. The van der Waals surface area contributed by atoms with Gasteiger partial charge < -0.3 is 14.2 Å². The average molecular weight is 282 g/mol. The summed E-state index contributed by atoms with van der Waals surface area (Å²) in [5.41, 5.74) is -0.624. The van der Waals surface area contributed by atoms with E-state index in [1.165, 1.54) is 0 Å². The Kier molecular flexibility index (Phi) is 4.60. The molecule has 0 saturated heterocycles. The molecule has 1 aliphatic carbocycles. The van der Waals surface area contributed by atoms with Crippen molar-refractivity contribution in [2.75, 3.05) is 20.3 Å². The van der Waals surface area contributed by atoms with Gasteiger partial charge in [-0.3, -0.25) is 4.79 Å². The highest BCUT2D eigenvalue weighted by Crippen LogP contribution is 2.48. The lowest BCUT2D eigenvalue weighted by molar-refractivity contribution is -0.146. The van der Waals surface area contributed by atoms with Crippen LogP contribution in [0.2, 0.25) is 0 Å². The minimum atomic E-state index is -1.56. The molecule has 110 valence electrons. The lowest BCUT2D eigenvalue weighted by Crippen LogP contribution is -2.20. The average Bonchev–Trinajstić information content (AvgIpc) is 3.12. The molecule has 0 aromatic heterocycles. The van der Waals surface area contributed by atoms with E-state index in [-0.39, 0.29) is 19.6 Å². The molecule has 20 heavy (non-hydrogen) atoms. The molecule has 2 rings (SSSR count). The topological polar surface area (TPSA) is 44.8 Å². The van der Waals surface area contributed by atoms with Gasteiger partial charge in [-0.2, -0.15) is 0 Å². The molecule has 2 atom stereocenters. The second-order valence-electron chi connectivity index (χ2n) is 4.88. The Labute approximate surface area is 117 Å². The number of alkyl halides is 1. The quantitative estimate of drug-likeness (QED) is 0.721. The van der Waals surface area contributed by atoms with E-state index in [9.17, 15) is 9.18 Å². The zero-order chi connectivity index (χ0) is 14.6. The van der Waals surface area contributed by atoms with E-state index in [1.807, 2.05) is 24.3 Å². The van der Waals surface area contributed by atoms with Gasteiger partial charge in [-0.25, -0.2) is 4.39 Å². The Hall–Kier alpha value is -1.62. The molecule has 1 aromatic carbocycles. The zero-order valence-corrected chi connectivity index (χ0v) is 11.7. The molecule has 5 heteroatoms. The number of rotatable bonds is 7. The number of hydrogen-bond donors (Lipinski definition) is 0. The third-order valence-corrected chi connectivity index (χ3v) is 3.35. The molecule has 1 fully saturated rings. The highest BCUT2D eigenvalue weighted by molar-refractivity contribution is 5.77. The maximum atomic E-state index is 14.1. The van der Waals surface area contributed by atoms with E-state index < -0.39 is 17.6 Å². The van der Waals surface area contributed by atoms with E-state index in [0.29, 0.717) is 6.61 Å². The van der Waals surface area contributed by atoms with Gasteiger partial charge in [0.15, 0.2) is 0 Å². The van der Waals surface area contributed by atoms with Gasteiger partial charge in [0.2, 0.25) is 0 Å². The highest BCUT2D eigenvalue weighted by atomic mass is 19.1. The molecule has 0 amide bonds. The summed E-state index contributed by atoms with van der Waals surface area (Å²) < 4.78 is 29.3. The van der Waals surface area contributed by atoms with Gasteiger partial charge in [-0.15, -0.1) is 0 Å². The third kappa shape index (κ3) is 3.48. The van der Waals surface area contributed by atoms with E-state index >= 15 is 0 Å². The number of methoxy groups -OCH3 is 1.